The monoisotopic (exact) mass is 269 g/mol. The molecule has 0 radical (unpaired) electrons. The second-order valence-corrected chi connectivity index (χ2v) is 6.51. The lowest BCUT2D eigenvalue weighted by Crippen LogP contribution is -2.45. The number of hydrogen-bond acceptors (Lipinski definition) is 3. The predicted molar refractivity (Wildman–Crippen MR) is 80.2 cm³/mol. The van der Waals surface area contributed by atoms with E-state index in [1.165, 1.54) is 12.8 Å². The van der Waals surface area contributed by atoms with Crippen LogP contribution in [0, 0.1) is 5.92 Å². The van der Waals surface area contributed by atoms with E-state index < -0.39 is 0 Å². The predicted octanol–water partition coefficient (Wildman–Crippen LogP) is 1.61. The summed E-state index contributed by atoms with van der Waals surface area (Å²) in [6.07, 6.45) is 5.30. The second-order valence-electron chi connectivity index (χ2n) is 6.51. The molecule has 1 rings (SSSR count). The second kappa shape index (κ2) is 8.54. The van der Waals surface area contributed by atoms with Crippen LogP contribution in [0.3, 0.4) is 0 Å². The molecule has 4 heteroatoms. The molecule has 1 aliphatic rings. The Balaban J connectivity index is 2.36. The van der Waals surface area contributed by atoms with Gasteiger partial charge in [-0.3, -0.25) is 4.79 Å². The van der Waals surface area contributed by atoms with Crippen LogP contribution in [0.15, 0.2) is 0 Å². The fraction of sp³-hybridized carbons (Fsp3) is 0.933. The van der Waals surface area contributed by atoms with Crippen LogP contribution < -0.4 is 10.6 Å². The summed E-state index contributed by atoms with van der Waals surface area (Å²) in [5.41, 5.74) is 0. The van der Waals surface area contributed by atoms with Gasteiger partial charge in [-0.05, 0) is 45.8 Å². The van der Waals surface area contributed by atoms with E-state index in [0.29, 0.717) is 18.4 Å². The van der Waals surface area contributed by atoms with Gasteiger partial charge in [0.1, 0.15) is 0 Å². The summed E-state index contributed by atoms with van der Waals surface area (Å²) in [6.45, 7) is 6.39. The molecule has 0 aromatic carbocycles. The molecule has 4 nitrogen and oxygen atoms in total. The summed E-state index contributed by atoms with van der Waals surface area (Å²) in [5, 5.41) is 6.64. The van der Waals surface area contributed by atoms with Crippen molar-refractivity contribution < 1.29 is 4.79 Å². The Morgan fingerprint density at radius 1 is 1.37 bits per heavy atom. The van der Waals surface area contributed by atoms with Crippen LogP contribution in [0.4, 0.5) is 0 Å². The van der Waals surface area contributed by atoms with E-state index in [1.54, 1.807) is 0 Å². The van der Waals surface area contributed by atoms with Gasteiger partial charge in [0.05, 0.1) is 0 Å². The van der Waals surface area contributed by atoms with Gasteiger partial charge in [-0.2, -0.15) is 0 Å². The molecule has 112 valence electrons. The molecule has 1 saturated heterocycles. The summed E-state index contributed by atoms with van der Waals surface area (Å²) in [6, 6.07) is 0.652. The molecule has 0 aromatic rings. The largest absolute Gasteiger partial charge is 0.352 e. The molecule has 0 aliphatic carbocycles. The molecule has 1 fully saturated rings. The molecule has 0 bridgehead atoms. The molecule has 1 amide bonds. The first-order chi connectivity index (χ1) is 8.97. The van der Waals surface area contributed by atoms with Gasteiger partial charge in [0.2, 0.25) is 5.91 Å². The normalized spacial score (nSPS) is 21.7. The molecule has 1 heterocycles. The number of nitrogens with one attached hydrogen (secondary N) is 2. The number of nitrogens with zero attached hydrogens (tertiary/aromatic N) is 1. The third-order valence-electron chi connectivity index (χ3n) is 3.55. The first-order valence-corrected chi connectivity index (χ1v) is 7.65. The van der Waals surface area contributed by atoms with Crippen molar-refractivity contribution in [2.75, 3.05) is 27.2 Å². The third kappa shape index (κ3) is 7.53. The van der Waals surface area contributed by atoms with Gasteiger partial charge in [-0.15, -0.1) is 0 Å². The van der Waals surface area contributed by atoms with Crippen LogP contribution in [-0.4, -0.2) is 50.1 Å². The van der Waals surface area contributed by atoms with Crippen LogP contribution >= 0.6 is 0 Å². The van der Waals surface area contributed by atoms with Crippen molar-refractivity contribution in [2.45, 2.75) is 58.0 Å². The quantitative estimate of drug-likeness (QED) is 0.738. The zero-order chi connectivity index (χ0) is 14.3. The summed E-state index contributed by atoms with van der Waals surface area (Å²) < 4.78 is 0. The van der Waals surface area contributed by atoms with Gasteiger partial charge in [-0.25, -0.2) is 0 Å². The van der Waals surface area contributed by atoms with Gasteiger partial charge in [0.25, 0.3) is 0 Å². The van der Waals surface area contributed by atoms with E-state index in [4.69, 9.17) is 0 Å². The van der Waals surface area contributed by atoms with Crippen molar-refractivity contribution in [2.24, 2.45) is 5.92 Å². The Morgan fingerprint density at radius 2 is 2.11 bits per heavy atom. The highest BCUT2D eigenvalue weighted by atomic mass is 16.1. The van der Waals surface area contributed by atoms with E-state index in [9.17, 15) is 4.79 Å². The Morgan fingerprint density at radius 3 is 2.63 bits per heavy atom. The molecule has 0 spiro atoms. The van der Waals surface area contributed by atoms with E-state index >= 15 is 0 Å². The molecular formula is C15H31N3O. The molecular weight excluding hydrogens is 238 g/mol. The van der Waals surface area contributed by atoms with E-state index in [-0.39, 0.29) is 11.9 Å². The molecule has 2 atom stereocenters. The molecule has 0 aromatic heterocycles. The Hall–Kier alpha value is -0.610. The van der Waals surface area contributed by atoms with Crippen molar-refractivity contribution in [3.8, 4) is 0 Å². The summed E-state index contributed by atoms with van der Waals surface area (Å²) in [7, 11) is 4.12. The molecule has 0 saturated carbocycles. The van der Waals surface area contributed by atoms with Gasteiger partial charge >= 0.3 is 0 Å². The number of likely N-dealkylation sites (N-methyl/N-ethyl adjacent to an activating group) is 1. The number of hydrogen-bond donors (Lipinski definition) is 2. The number of carbonyl (C=O) groups excluding carboxylic acids is 1. The first-order valence-electron chi connectivity index (χ1n) is 7.65. The maximum absolute atomic E-state index is 12.1. The topological polar surface area (TPSA) is 44.4 Å². The minimum atomic E-state index is 0.201. The highest BCUT2D eigenvalue weighted by Crippen LogP contribution is 2.11. The van der Waals surface area contributed by atoms with Crippen molar-refractivity contribution in [3.63, 3.8) is 0 Å². The van der Waals surface area contributed by atoms with Crippen LogP contribution in [0.5, 0.6) is 0 Å². The van der Waals surface area contributed by atoms with Crippen molar-refractivity contribution in [1.29, 1.82) is 0 Å². The van der Waals surface area contributed by atoms with E-state index in [1.807, 2.05) is 0 Å². The number of carbonyl (C=O) groups is 1. The van der Waals surface area contributed by atoms with Gasteiger partial charge in [0.15, 0.2) is 0 Å². The maximum atomic E-state index is 12.1. The van der Waals surface area contributed by atoms with Gasteiger partial charge in [-0.1, -0.05) is 20.3 Å². The average molecular weight is 269 g/mol. The summed E-state index contributed by atoms with van der Waals surface area (Å²) in [5.74, 6) is 0.810. The fourth-order valence-electron chi connectivity index (χ4n) is 2.80. The lowest BCUT2D eigenvalue weighted by molar-refractivity contribution is -0.122. The third-order valence-corrected chi connectivity index (χ3v) is 3.55. The SMILES string of the molecule is CC(C)CC(CN(C)C)NC(=O)CC1CCCCN1. The lowest BCUT2D eigenvalue weighted by Gasteiger charge is -2.26. The van der Waals surface area contributed by atoms with Crippen LogP contribution in [0.1, 0.15) is 46.0 Å². The zero-order valence-electron chi connectivity index (χ0n) is 13.0. The molecule has 2 N–H and O–H groups in total. The average Bonchev–Trinajstić information content (AvgIpc) is 2.27. The van der Waals surface area contributed by atoms with Crippen LogP contribution in [0.2, 0.25) is 0 Å². The molecule has 1 aliphatic heterocycles. The minimum absolute atomic E-state index is 0.201. The maximum Gasteiger partial charge on any atom is 0.221 e. The highest BCUT2D eigenvalue weighted by molar-refractivity contribution is 5.76. The Labute approximate surface area is 118 Å². The summed E-state index contributed by atoms with van der Waals surface area (Å²) >= 11 is 0. The Kier molecular flexibility index (Phi) is 7.39. The van der Waals surface area contributed by atoms with Crippen LogP contribution in [0.25, 0.3) is 0 Å². The minimum Gasteiger partial charge on any atom is -0.352 e. The van der Waals surface area contributed by atoms with Gasteiger partial charge in [0, 0.05) is 25.0 Å². The van der Waals surface area contributed by atoms with Crippen molar-refractivity contribution in [3.05, 3.63) is 0 Å². The van der Waals surface area contributed by atoms with Crippen LogP contribution in [-0.2, 0) is 4.79 Å². The standard InChI is InChI=1S/C15H31N3O/c1-12(2)9-14(11-18(3)4)17-15(19)10-13-7-5-6-8-16-13/h12-14,16H,5-11H2,1-4H3,(H,17,19). The molecule has 2 unspecified atom stereocenters. The van der Waals surface area contributed by atoms with E-state index in [0.717, 1.165) is 25.9 Å². The van der Waals surface area contributed by atoms with E-state index in [2.05, 4.69) is 43.5 Å². The lowest BCUT2D eigenvalue weighted by atomic mass is 10.0. The van der Waals surface area contributed by atoms with Gasteiger partial charge < -0.3 is 15.5 Å². The summed E-state index contributed by atoms with van der Waals surface area (Å²) in [4.78, 5) is 14.3. The first kappa shape index (κ1) is 16.4. The zero-order valence-corrected chi connectivity index (χ0v) is 13.0. The number of piperidine rings is 1. The van der Waals surface area contributed by atoms with Crippen molar-refractivity contribution in [1.82, 2.24) is 15.5 Å². The Bertz CT molecular complexity index is 250. The van der Waals surface area contributed by atoms with Crippen molar-refractivity contribution >= 4 is 5.91 Å². The smallest absolute Gasteiger partial charge is 0.221 e. The highest BCUT2D eigenvalue weighted by Gasteiger charge is 2.19. The number of amides is 1. The fourth-order valence-corrected chi connectivity index (χ4v) is 2.80. The number of rotatable bonds is 7. The molecule has 19 heavy (non-hydrogen) atoms.